The Morgan fingerprint density at radius 1 is 1.14 bits per heavy atom. The van der Waals surface area contributed by atoms with Crippen LogP contribution in [0.3, 0.4) is 0 Å². The minimum Gasteiger partial charge on any atom is -0.309 e. The minimum atomic E-state index is 0.290. The van der Waals surface area contributed by atoms with Gasteiger partial charge in [-0.2, -0.15) is 0 Å². The largest absolute Gasteiger partial charge is 0.309 e. The molecule has 0 radical (unpaired) electrons. The van der Waals surface area contributed by atoms with Crippen LogP contribution in [0.4, 0.5) is 0 Å². The number of benzene rings is 1. The third-order valence-corrected chi connectivity index (χ3v) is 6.19. The maximum atomic E-state index is 6.31. The van der Waals surface area contributed by atoms with Crippen LogP contribution in [0.25, 0.3) is 9.40 Å². The molecule has 21 heavy (non-hydrogen) atoms. The monoisotopic (exact) mass is 355 g/mol. The molecule has 0 fully saturated rings. The van der Waals surface area contributed by atoms with Gasteiger partial charge in [0.2, 0.25) is 0 Å². The minimum absolute atomic E-state index is 0.290. The number of hydrogen-bond donors (Lipinski definition) is 1. The zero-order chi connectivity index (χ0) is 14.8. The van der Waals surface area contributed by atoms with Crippen LogP contribution in [0.5, 0.6) is 0 Å². The van der Waals surface area contributed by atoms with Gasteiger partial charge in [0.1, 0.15) is 0 Å². The Labute approximate surface area is 142 Å². The predicted octanol–water partition coefficient (Wildman–Crippen LogP) is 6.16. The van der Waals surface area contributed by atoms with Gasteiger partial charge in [-0.05, 0) is 48.2 Å². The van der Waals surface area contributed by atoms with Crippen molar-refractivity contribution >= 4 is 55.3 Å². The number of likely N-dealkylation sites (N-methyl/N-ethyl adjacent to an activating group) is 1. The zero-order valence-electron chi connectivity index (χ0n) is 11.5. The Balaban J connectivity index is 1.88. The van der Waals surface area contributed by atoms with Gasteiger partial charge in [-0.25, -0.2) is 0 Å². The van der Waals surface area contributed by atoms with E-state index in [1.165, 1.54) is 14.3 Å². The molecule has 2 heterocycles. The molecule has 110 valence electrons. The van der Waals surface area contributed by atoms with Crippen LogP contribution in [0.15, 0.2) is 35.7 Å². The fourth-order valence-corrected chi connectivity index (χ4v) is 5.06. The zero-order valence-corrected chi connectivity index (χ0v) is 14.7. The van der Waals surface area contributed by atoms with E-state index in [4.69, 9.17) is 23.2 Å². The van der Waals surface area contributed by atoms with Crippen molar-refractivity contribution in [3.8, 4) is 0 Å². The molecule has 0 spiro atoms. The third kappa shape index (κ3) is 3.43. The third-order valence-electron chi connectivity index (χ3n) is 3.39. The normalized spacial score (nSPS) is 12.9. The van der Waals surface area contributed by atoms with Crippen molar-refractivity contribution in [2.75, 3.05) is 6.54 Å². The molecule has 1 unspecified atom stereocenters. The van der Waals surface area contributed by atoms with Gasteiger partial charge in [0.05, 0.1) is 0 Å². The standard InChI is InChI=1S/C16H15Cl2NS2/c1-2-19-13(7-10-3-4-11(17)8-12(10)18)15-9-16-14(21-15)5-6-20-16/h3-6,8-9,13,19H,2,7H2,1H3. The van der Waals surface area contributed by atoms with Gasteiger partial charge in [0.25, 0.3) is 0 Å². The van der Waals surface area contributed by atoms with Crippen molar-refractivity contribution in [1.29, 1.82) is 0 Å². The van der Waals surface area contributed by atoms with Gasteiger partial charge in [-0.15, -0.1) is 22.7 Å². The summed E-state index contributed by atoms with van der Waals surface area (Å²) in [5, 5.41) is 7.13. The Morgan fingerprint density at radius 2 is 2.00 bits per heavy atom. The van der Waals surface area contributed by atoms with Crippen molar-refractivity contribution in [2.45, 2.75) is 19.4 Å². The van der Waals surface area contributed by atoms with Crippen LogP contribution in [-0.4, -0.2) is 6.54 Å². The average molecular weight is 356 g/mol. The Morgan fingerprint density at radius 3 is 2.71 bits per heavy atom. The number of hydrogen-bond acceptors (Lipinski definition) is 3. The lowest BCUT2D eigenvalue weighted by molar-refractivity contribution is 0.558. The second kappa shape index (κ2) is 6.67. The van der Waals surface area contributed by atoms with Crippen molar-refractivity contribution in [1.82, 2.24) is 5.32 Å². The highest BCUT2D eigenvalue weighted by Crippen LogP contribution is 2.35. The molecule has 0 aliphatic heterocycles. The molecule has 0 amide bonds. The predicted molar refractivity (Wildman–Crippen MR) is 96.3 cm³/mol. The molecule has 3 aromatic rings. The fourth-order valence-electron chi connectivity index (χ4n) is 2.38. The van der Waals surface area contributed by atoms with E-state index in [0.29, 0.717) is 11.1 Å². The molecule has 1 N–H and O–H groups in total. The number of halogens is 2. The second-order valence-corrected chi connectivity index (χ2v) is 7.75. The van der Waals surface area contributed by atoms with Crippen molar-refractivity contribution in [3.05, 3.63) is 56.2 Å². The summed E-state index contributed by atoms with van der Waals surface area (Å²) in [6, 6.07) is 10.5. The maximum Gasteiger partial charge on any atom is 0.0456 e. The summed E-state index contributed by atoms with van der Waals surface area (Å²) >= 11 is 15.9. The Hall–Kier alpha value is -0.580. The molecule has 1 atom stereocenters. The highest BCUT2D eigenvalue weighted by molar-refractivity contribution is 7.26. The first-order chi connectivity index (χ1) is 10.2. The van der Waals surface area contributed by atoms with Crippen molar-refractivity contribution in [3.63, 3.8) is 0 Å². The molecule has 0 saturated heterocycles. The van der Waals surface area contributed by atoms with Crippen molar-refractivity contribution < 1.29 is 0 Å². The van der Waals surface area contributed by atoms with E-state index in [2.05, 4.69) is 29.8 Å². The highest BCUT2D eigenvalue weighted by atomic mass is 35.5. The number of nitrogens with one attached hydrogen (secondary N) is 1. The number of rotatable bonds is 5. The summed E-state index contributed by atoms with van der Waals surface area (Å²) < 4.78 is 2.72. The lowest BCUT2D eigenvalue weighted by Gasteiger charge is -2.17. The number of thiophene rings is 2. The lowest BCUT2D eigenvalue weighted by atomic mass is 10.0. The van der Waals surface area contributed by atoms with Gasteiger partial charge in [-0.1, -0.05) is 36.2 Å². The molecule has 0 bridgehead atoms. The van der Waals surface area contributed by atoms with Crippen LogP contribution in [0.2, 0.25) is 10.0 Å². The first-order valence-electron chi connectivity index (χ1n) is 6.81. The quantitative estimate of drug-likeness (QED) is 0.577. The summed E-state index contributed by atoms with van der Waals surface area (Å²) in [5.41, 5.74) is 1.13. The van der Waals surface area contributed by atoms with Crippen LogP contribution in [0.1, 0.15) is 23.4 Å². The smallest absolute Gasteiger partial charge is 0.0456 e. The van der Waals surface area contributed by atoms with Crippen LogP contribution in [-0.2, 0) is 6.42 Å². The molecule has 5 heteroatoms. The molecular weight excluding hydrogens is 341 g/mol. The van der Waals surface area contributed by atoms with E-state index in [-0.39, 0.29) is 0 Å². The van der Waals surface area contributed by atoms with E-state index in [0.717, 1.165) is 23.6 Å². The topological polar surface area (TPSA) is 12.0 Å². The van der Waals surface area contributed by atoms with E-state index in [1.54, 1.807) is 11.3 Å². The molecule has 1 aromatic carbocycles. The average Bonchev–Trinajstić information content (AvgIpc) is 3.02. The molecular formula is C16H15Cl2NS2. The van der Waals surface area contributed by atoms with E-state index in [1.807, 2.05) is 29.5 Å². The fraction of sp³-hybridized carbons (Fsp3) is 0.250. The van der Waals surface area contributed by atoms with E-state index >= 15 is 0 Å². The van der Waals surface area contributed by atoms with E-state index in [9.17, 15) is 0 Å². The molecule has 1 nitrogen and oxygen atoms in total. The molecule has 3 rings (SSSR count). The first-order valence-corrected chi connectivity index (χ1v) is 9.27. The summed E-state index contributed by atoms with van der Waals surface area (Å²) in [4.78, 5) is 1.37. The summed E-state index contributed by atoms with van der Waals surface area (Å²) in [7, 11) is 0. The molecule has 0 saturated carbocycles. The molecule has 2 aromatic heterocycles. The molecule has 0 aliphatic rings. The summed E-state index contributed by atoms with van der Waals surface area (Å²) in [6.45, 7) is 3.06. The van der Waals surface area contributed by atoms with Gasteiger partial charge in [0, 0.05) is 30.4 Å². The first kappa shape index (κ1) is 15.3. The van der Waals surface area contributed by atoms with Crippen molar-refractivity contribution in [2.24, 2.45) is 0 Å². The lowest BCUT2D eigenvalue weighted by Crippen LogP contribution is -2.22. The van der Waals surface area contributed by atoms with Crippen LogP contribution in [0, 0.1) is 0 Å². The summed E-state index contributed by atoms with van der Waals surface area (Å²) in [6.07, 6.45) is 0.873. The summed E-state index contributed by atoms with van der Waals surface area (Å²) in [5.74, 6) is 0. The van der Waals surface area contributed by atoms with Gasteiger partial charge < -0.3 is 5.32 Å². The van der Waals surface area contributed by atoms with Gasteiger partial charge >= 0.3 is 0 Å². The second-order valence-electron chi connectivity index (χ2n) is 4.85. The Kier molecular flexibility index (Phi) is 4.87. The van der Waals surface area contributed by atoms with Crippen LogP contribution < -0.4 is 5.32 Å². The maximum absolute atomic E-state index is 6.31. The van der Waals surface area contributed by atoms with E-state index < -0.39 is 0 Å². The number of fused-ring (bicyclic) bond motifs is 1. The van der Waals surface area contributed by atoms with Crippen LogP contribution >= 0.6 is 45.9 Å². The SMILES string of the molecule is CCNC(Cc1ccc(Cl)cc1Cl)c1cc2sccc2s1. The highest BCUT2D eigenvalue weighted by Gasteiger charge is 2.16. The molecule has 0 aliphatic carbocycles. The Bertz CT molecular complexity index is 719. The van der Waals surface area contributed by atoms with Gasteiger partial charge in [0.15, 0.2) is 0 Å². The van der Waals surface area contributed by atoms with Gasteiger partial charge in [-0.3, -0.25) is 0 Å².